The molecule has 2 heterocycles. The van der Waals surface area contributed by atoms with E-state index in [-0.39, 0.29) is 0 Å². The van der Waals surface area contributed by atoms with Gasteiger partial charge in [-0.15, -0.1) is 11.3 Å². The number of aromatic nitrogens is 1. The van der Waals surface area contributed by atoms with Crippen molar-refractivity contribution in [2.75, 3.05) is 13.1 Å². The Morgan fingerprint density at radius 3 is 3.29 bits per heavy atom. The van der Waals surface area contributed by atoms with Crippen LogP contribution in [0, 0.1) is 0 Å². The van der Waals surface area contributed by atoms with Gasteiger partial charge in [0.15, 0.2) is 0 Å². The summed E-state index contributed by atoms with van der Waals surface area (Å²) in [4.78, 5) is 4.32. The Morgan fingerprint density at radius 2 is 2.64 bits per heavy atom. The van der Waals surface area contributed by atoms with E-state index < -0.39 is 0 Å². The molecule has 0 aliphatic carbocycles. The molecule has 0 spiro atoms. The number of nitrogens with zero attached hydrogens (tertiary/aromatic N) is 1. The number of thiazole rings is 1. The van der Waals surface area contributed by atoms with Gasteiger partial charge >= 0.3 is 0 Å². The minimum atomic E-state index is 0.389. The molecule has 1 aliphatic rings. The van der Waals surface area contributed by atoms with Crippen LogP contribution in [0.15, 0.2) is 11.6 Å². The zero-order chi connectivity index (χ0) is 9.80. The average molecular weight is 211 g/mol. The molecule has 2 N–H and O–H groups in total. The molecule has 1 aromatic rings. The van der Waals surface area contributed by atoms with E-state index >= 15 is 0 Å². The summed E-state index contributed by atoms with van der Waals surface area (Å²) in [5.41, 5.74) is 0. The minimum absolute atomic E-state index is 0.389. The van der Waals surface area contributed by atoms with Gasteiger partial charge < -0.3 is 10.6 Å². The largest absolute Gasteiger partial charge is 0.315 e. The molecular weight excluding hydrogens is 194 g/mol. The van der Waals surface area contributed by atoms with E-state index in [0.29, 0.717) is 12.1 Å². The van der Waals surface area contributed by atoms with E-state index in [0.717, 1.165) is 6.54 Å². The van der Waals surface area contributed by atoms with Crippen molar-refractivity contribution in [2.45, 2.75) is 31.8 Å². The van der Waals surface area contributed by atoms with Crippen molar-refractivity contribution in [3.63, 3.8) is 0 Å². The first kappa shape index (κ1) is 10.1. The van der Waals surface area contributed by atoms with Crippen LogP contribution in [-0.2, 0) is 0 Å². The van der Waals surface area contributed by atoms with Crippen LogP contribution in [0.2, 0.25) is 0 Å². The predicted molar refractivity (Wildman–Crippen MR) is 59.6 cm³/mol. The Balaban J connectivity index is 1.84. The molecular formula is C10H17N3S. The lowest BCUT2D eigenvalue weighted by atomic mass is 10.1. The quantitative estimate of drug-likeness (QED) is 0.796. The third-order valence-electron chi connectivity index (χ3n) is 2.60. The lowest BCUT2D eigenvalue weighted by molar-refractivity contribution is 0.361. The van der Waals surface area contributed by atoms with Crippen LogP contribution in [0.25, 0.3) is 0 Å². The van der Waals surface area contributed by atoms with E-state index in [2.05, 4.69) is 22.5 Å². The molecule has 0 bridgehead atoms. The van der Waals surface area contributed by atoms with Crippen molar-refractivity contribution in [1.29, 1.82) is 0 Å². The van der Waals surface area contributed by atoms with Crippen molar-refractivity contribution < 1.29 is 0 Å². The maximum Gasteiger partial charge on any atom is 0.109 e. The van der Waals surface area contributed by atoms with Crippen molar-refractivity contribution in [2.24, 2.45) is 0 Å². The highest BCUT2D eigenvalue weighted by molar-refractivity contribution is 7.09. The standard InChI is InChI=1S/C10H17N3S/c1-8(10-12-5-6-14-10)13-9-3-2-4-11-7-9/h5-6,8-9,11,13H,2-4,7H2,1H3/t8?,9-/m0/s1. The summed E-state index contributed by atoms with van der Waals surface area (Å²) in [6.45, 7) is 4.45. The van der Waals surface area contributed by atoms with Crippen LogP contribution >= 0.6 is 11.3 Å². The van der Waals surface area contributed by atoms with Gasteiger partial charge in [-0.1, -0.05) is 0 Å². The van der Waals surface area contributed by atoms with Gasteiger partial charge in [-0.2, -0.15) is 0 Å². The van der Waals surface area contributed by atoms with Crippen LogP contribution in [0.3, 0.4) is 0 Å². The van der Waals surface area contributed by atoms with E-state index in [1.165, 1.54) is 24.4 Å². The molecule has 0 saturated carbocycles. The fourth-order valence-corrected chi connectivity index (χ4v) is 2.52. The highest BCUT2D eigenvalue weighted by Gasteiger charge is 2.16. The molecule has 1 saturated heterocycles. The Kier molecular flexibility index (Phi) is 3.50. The Hall–Kier alpha value is -0.450. The topological polar surface area (TPSA) is 37.0 Å². The molecule has 2 rings (SSSR count). The van der Waals surface area contributed by atoms with Crippen molar-refractivity contribution in [3.05, 3.63) is 16.6 Å². The van der Waals surface area contributed by atoms with Crippen molar-refractivity contribution in [1.82, 2.24) is 15.6 Å². The fraction of sp³-hybridized carbons (Fsp3) is 0.700. The normalized spacial score (nSPS) is 24.8. The molecule has 1 aliphatic heterocycles. The van der Waals surface area contributed by atoms with E-state index in [9.17, 15) is 0 Å². The molecule has 1 unspecified atom stereocenters. The molecule has 78 valence electrons. The van der Waals surface area contributed by atoms with Crippen LogP contribution in [0.5, 0.6) is 0 Å². The summed E-state index contributed by atoms with van der Waals surface area (Å²) in [6.07, 6.45) is 4.43. The highest BCUT2D eigenvalue weighted by Crippen LogP contribution is 2.16. The minimum Gasteiger partial charge on any atom is -0.315 e. The van der Waals surface area contributed by atoms with Gasteiger partial charge in [-0.05, 0) is 26.3 Å². The van der Waals surface area contributed by atoms with Gasteiger partial charge in [0, 0.05) is 24.2 Å². The SMILES string of the molecule is CC(N[C@H]1CCCNC1)c1nccs1. The third-order valence-corrected chi connectivity index (χ3v) is 3.56. The van der Waals surface area contributed by atoms with Crippen LogP contribution in [0.1, 0.15) is 30.8 Å². The Morgan fingerprint density at radius 1 is 1.71 bits per heavy atom. The lowest BCUT2D eigenvalue weighted by Gasteiger charge is -2.26. The van der Waals surface area contributed by atoms with Gasteiger partial charge in [-0.25, -0.2) is 4.98 Å². The first-order chi connectivity index (χ1) is 6.86. The van der Waals surface area contributed by atoms with Gasteiger partial charge in [-0.3, -0.25) is 0 Å². The number of hydrogen-bond donors (Lipinski definition) is 2. The average Bonchev–Trinajstić information content (AvgIpc) is 2.72. The second-order valence-corrected chi connectivity index (χ2v) is 4.73. The summed E-state index contributed by atoms with van der Waals surface area (Å²) in [5, 5.41) is 10.2. The maximum atomic E-state index is 4.32. The smallest absolute Gasteiger partial charge is 0.109 e. The van der Waals surface area contributed by atoms with Crippen LogP contribution in [0.4, 0.5) is 0 Å². The Bertz CT molecular complexity index is 254. The van der Waals surface area contributed by atoms with Gasteiger partial charge in [0.2, 0.25) is 0 Å². The monoisotopic (exact) mass is 211 g/mol. The van der Waals surface area contributed by atoms with E-state index in [1.807, 2.05) is 11.6 Å². The number of nitrogens with one attached hydrogen (secondary N) is 2. The second-order valence-electron chi connectivity index (χ2n) is 3.80. The molecule has 1 fully saturated rings. The van der Waals surface area contributed by atoms with Gasteiger partial charge in [0.25, 0.3) is 0 Å². The lowest BCUT2D eigenvalue weighted by Crippen LogP contribution is -2.43. The molecule has 0 aromatic carbocycles. The molecule has 2 atom stereocenters. The third kappa shape index (κ3) is 2.53. The summed E-state index contributed by atoms with van der Waals surface area (Å²) in [7, 11) is 0. The molecule has 1 aromatic heterocycles. The van der Waals surface area contributed by atoms with E-state index in [1.54, 1.807) is 11.3 Å². The van der Waals surface area contributed by atoms with Crippen molar-refractivity contribution >= 4 is 11.3 Å². The summed E-state index contributed by atoms with van der Waals surface area (Å²) >= 11 is 1.73. The number of rotatable bonds is 3. The maximum absolute atomic E-state index is 4.32. The first-order valence-corrected chi connectivity index (χ1v) is 6.10. The summed E-state index contributed by atoms with van der Waals surface area (Å²) < 4.78 is 0. The number of piperidine rings is 1. The zero-order valence-corrected chi connectivity index (χ0v) is 9.31. The number of hydrogen-bond acceptors (Lipinski definition) is 4. The first-order valence-electron chi connectivity index (χ1n) is 5.22. The highest BCUT2D eigenvalue weighted by atomic mass is 32.1. The van der Waals surface area contributed by atoms with Crippen molar-refractivity contribution in [3.8, 4) is 0 Å². The second kappa shape index (κ2) is 4.87. The van der Waals surface area contributed by atoms with Gasteiger partial charge in [0.1, 0.15) is 5.01 Å². The predicted octanol–water partition coefficient (Wildman–Crippen LogP) is 1.55. The zero-order valence-electron chi connectivity index (χ0n) is 8.49. The van der Waals surface area contributed by atoms with Crippen LogP contribution in [-0.4, -0.2) is 24.1 Å². The molecule has 3 nitrogen and oxygen atoms in total. The van der Waals surface area contributed by atoms with Gasteiger partial charge in [0.05, 0.1) is 6.04 Å². The molecule has 0 radical (unpaired) electrons. The summed E-state index contributed by atoms with van der Waals surface area (Å²) in [5.74, 6) is 0. The summed E-state index contributed by atoms with van der Waals surface area (Å²) in [6, 6.07) is 1.00. The van der Waals surface area contributed by atoms with Crippen LogP contribution < -0.4 is 10.6 Å². The molecule has 0 amide bonds. The van der Waals surface area contributed by atoms with E-state index in [4.69, 9.17) is 0 Å². The Labute approximate surface area is 88.9 Å². The fourth-order valence-electron chi connectivity index (χ4n) is 1.87. The molecule has 14 heavy (non-hydrogen) atoms. The molecule has 4 heteroatoms.